The molecule has 1 N–H and O–H groups in total. The first-order chi connectivity index (χ1) is 8.90. The Balaban J connectivity index is 2.99. The summed E-state index contributed by atoms with van der Waals surface area (Å²) in [4.78, 5) is 0. The lowest BCUT2D eigenvalue weighted by Crippen LogP contribution is -2.34. The first kappa shape index (κ1) is 16.3. The molecule has 0 aromatic heterocycles. The van der Waals surface area contributed by atoms with Gasteiger partial charge in [-0.05, 0) is 53.5 Å². The zero-order valence-electron chi connectivity index (χ0n) is 10.9. The molecule has 108 valence electrons. The summed E-state index contributed by atoms with van der Waals surface area (Å²) in [6.07, 6.45) is -3.67. The van der Waals surface area contributed by atoms with E-state index in [1.54, 1.807) is 6.07 Å². The summed E-state index contributed by atoms with van der Waals surface area (Å²) in [5, 5.41) is 2.52. The highest BCUT2D eigenvalue weighted by Gasteiger charge is 2.40. The maximum Gasteiger partial charge on any atom is 0.407 e. The number of halogens is 4. The van der Waals surface area contributed by atoms with Crippen LogP contribution in [-0.2, 0) is 0 Å². The summed E-state index contributed by atoms with van der Waals surface area (Å²) >= 11 is 3.23. The van der Waals surface area contributed by atoms with Crippen molar-refractivity contribution in [3.05, 3.63) is 28.2 Å². The van der Waals surface area contributed by atoms with Crippen molar-refractivity contribution < 1.29 is 17.9 Å². The van der Waals surface area contributed by atoms with Crippen molar-refractivity contribution in [1.29, 1.82) is 0 Å². The van der Waals surface area contributed by atoms with E-state index in [0.717, 1.165) is 0 Å². The molecule has 1 aromatic carbocycles. The molecule has 2 nitrogen and oxygen atoms in total. The van der Waals surface area contributed by atoms with Crippen LogP contribution in [0.5, 0.6) is 5.75 Å². The Morgan fingerprint density at radius 3 is 2.47 bits per heavy atom. The summed E-state index contributed by atoms with van der Waals surface area (Å²) in [6.45, 7) is 4.43. The normalized spacial score (nSPS) is 13.4. The highest BCUT2D eigenvalue weighted by Crippen LogP contribution is 2.36. The van der Waals surface area contributed by atoms with Gasteiger partial charge in [-0.1, -0.05) is 13.0 Å². The smallest absolute Gasteiger partial charge is 0.407 e. The van der Waals surface area contributed by atoms with Crippen LogP contribution in [0, 0.1) is 0 Å². The van der Waals surface area contributed by atoms with E-state index in [2.05, 4.69) is 21.2 Å². The average molecular weight is 340 g/mol. The van der Waals surface area contributed by atoms with Gasteiger partial charge in [-0.3, -0.25) is 0 Å². The topological polar surface area (TPSA) is 21.3 Å². The van der Waals surface area contributed by atoms with E-state index in [1.807, 2.05) is 13.8 Å². The van der Waals surface area contributed by atoms with E-state index >= 15 is 0 Å². The predicted octanol–water partition coefficient (Wildman–Crippen LogP) is 4.45. The fraction of sp³-hybridized carbons (Fsp3) is 0.538. The minimum atomic E-state index is -4.32. The van der Waals surface area contributed by atoms with Crippen molar-refractivity contribution in [3.63, 3.8) is 0 Å². The van der Waals surface area contributed by atoms with Gasteiger partial charge in [0, 0.05) is 0 Å². The van der Waals surface area contributed by atoms with Crippen LogP contribution in [0.2, 0.25) is 0 Å². The zero-order chi connectivity index (χ0) is 14.5. The van der Waals surface area contributed by atoms with Crippen LogP contribution >= 0.6 is 15.9 Å². The standard InChI is InChI=1S/C13H17BrF3NO/c1-3-7-18-12(13(15,16)17)9-5-6-11(19-4-2)10(14)8-9/h5-6,8,12,18H,3-4,7H2,1-2H3. The molecule has 0 aliphatic rings. The van der Waals surface area contributed by atoms with E-state index in [0.29, 0.717) is 29.8 Å². The van der Waals surface area contributed by atoms with Crippen molar-refractivity contribution in [2.45, 2.75) is 32.5 Å². The average Bonchev–Trinajstić information content (AvgIpc) is 2.31. The van der Waals surface area contributed by atoms with Crippen molar-refractivity contribution in [3.8, 4) is 5.75 Å². The van der Waals surface area contributed by atoms with Crippen LogP contribution in [0.4, 0.5) is 13.2 Å². The maximum atomic E-state index is 13.0. The molecular formula is C13H17BrF3NO. The summed E-state index contributed by atoms with van der Waals surface area (Å²) < 4.78 is 44.8. The first-order valence-electron chi connectivity index (χ1n) is 6.12. The second kappa shape index (κ2) is 7.14. The number of alkyl halides is 3. The van der Waals surface area contributed by atoms with Crippen LogP contribution in [-0.4, -0.2) is 19.3 Å². The lowest BCUT2D eigenvalue weighted by atomic mass is 10.1. The molecule has 0 amide bonds. The molecule has 19 heavy (non-hydrogen) atoms. The minimum absolute atomic E-state index is 0.177. The summed E-state index contributed by atoms with van der Waals surface area (Å²) in [5.41, 5.74) is 0.177. The van der Waals surface area contributed by atoms with Gasteiger partial charge in [0.15, 0.2) is 0 Å². The quantitative estimate of drug-likeness (QED) is 0.826. The number of hydrogen-bond donors (Lipinski definition) is 1. The van der Waals surface area contributed by atoms with Crippen molar-refractivity contribution >= 4 is 15.9 Å². The molecule has 0 saturated heterocycles. The lowest BCUT2D eigenvalue weighted by Gasteiger charge is -2.22. The third kappa shape index (κ3) is 4.69. The molecule has 1 unspecified atom stereocenters. The molecule has 0 fully saturated rings. The largest absolute Gasteiger partial charge is 0.493 e. The van der Waals surface area contributed by atoms with Gasteiger partial charge in [0.05, 0.1) is 11.1 Å². The van der Waals surface area contributed by atoms with E-state index in [1.165, 1.54) is 12.1 Å². The van der Waals surface area contributed by atoms with Crippen LogP contribution < -0.4 is 10.1 Å². The number of benzene rings is 1. The highest BCUT2D eigenvalue weighted by molar-refractivity contribution is 9.10. The van der Waals surface area contributed by atoms with Gasteiger partial charge < -0.3 is 10.1 Å². The van der Waals surface area contributed by atoms with Crippen LogP contribution in [0.25, 0.3) is 0 Å². The molecule has 0 bridgehead atoms. The van der Waals surface area contributed by atoms with Gasteiger partial charge in [0.1, 0.15) is 11.8 Å². The number of rotatable bonds is 6. The second-order valence-corrected chi connectivity index (χ2v) is 4.91. The molecule has 0 radical (unpaired) electrons. The van der Waals surface area contributed by atoms with E-state index in [9.17, 15) is 13.2 Å². The molecule has 0 spiro atoms. The maximum absolute atomic E-state index is 13.0. The third-order valence-electron chi connectivity index (χ3n) is 2.51. The number of hydrogen-bond acceptors (Lipinski definition) is 2. The van der Waals surface area contributed by atoms with Gasteiger partial charge in [0.2, 0.25) is 0 Å². The van der Waals surface area contributed by atoms with Crippen LogP contribution in [0.3, 0.4) is 0 Å². The van der Waals surface area contributed by atoms with Gasteiger partial charge in [0.25, 0.3) is 0 Å². The van der Waals surface area contributed by atoms with E-state index in [4.69, 9.17) is 4.74 Å². The SMILES string of the molecule is CCCNC(c1ccc(OCC)c(Br)c1)C(F)(F)F. The van der Waals surface area contributed by atoms with Crippen LogP contribution in [0.15, 0.2) is 22.7 Å². The Labute approximate surface area is 119 Å². The zero-order valence-corrected chi connectivity index (χ0v) is 12.4. The molecule has 0 aliphatic heterocycles. The van der Waals surface area contributed by atoms with Crippen LogP contribution in [0.1, 0.15) is 31.9 Å². The van der Waals surface area contributed by atoms with Crippen molar-refractivity contribution in [1.82, 2.24) is 5.32 Å². The second-order valence-electron chi connectivity index (χ2n) is 4.05. The lowest BCUT2D eigenvalue weighted by molar-refractivity contribution is -0.157. The van der Waals surface area contributed by atoms with Gasteiger partial charge in [-0.2, -0.15) is 13.2 Å². The van der Waals surface area contributed by atoms with E-state index < -0.39 is 12.2 Å². The summed E-state index contributed by atoms with van der Waals surface area (Å²) in [5.74, 6) is 0.544. The first-order valence-corrected chi connectivity index (χ1v) is 6.91. The molecule has 0 aliphatic carbocycles. The van der Waals surface area contributed by atoms with Gasteiger partial charge in [-0.15, -0.1) is 0 Å². The Morgan fingerprint density at radius 2 is 2.00 bits per heavy atom. The number of nitrogens with one attached hydrogen (secondary N) is 1. The highest BCUT2D eigenvalue weighted by atomic mass is 79.9. The Bertz CT molecular complexity index is 409. The molecule has 1 atom stereocenters. The molecule has 6 heteroatoms. The van der Waals surface area contributed by atoms with E-state index in [-0.39, 0.29) is 5.56 Å². The molecule has 1 aromatic rings. The minimum Gasteiger partial charge on any atom is -0.493 e. The van der Waals surface area contributed by atoms with Crippen molar-refractivity contribution in [2.75, 3.05) is 13.2 Å². The van der Waals surface area contributed by atoms with Gasteiger partial charge >= 0.3 is 6.18 Å². The molecule has 0 saturated carbocycles. The molecule has 1 rings (SSSR count). The third-order valence-corrected chi connectivity index (χ3v) is 3.13. The predicted molar refractivity (Wildman–Crippen MR) is 72.4 cm³/mol. The monoisotopic (exact) mass is 339 g/mol. The number of ether oxygens (including phenoxy) is 1. The Morgan fingerprint density at radius 1 is 1.32 bits per heavy atom. The molecular weight excluding hydrogens is 323 g/mol. The molecule has 0 heterocycles. The Hall–Kier alpha value is -0.750. The Kier molecular flexibility index (Phi) is 6.13. The summed E-state index contributed by atoms with van der Waals surface area (Å²) in [6, 6.07) is 2.79. The van der Waals surface area contributed by atoms with Crippen molar-refractivity contribution in [2.24, 2.45) is 0 Å². The fourth-order valence-corrected chi connectivity index (χ4v) is 2.19. The summed E-state index contributed by atoms with van der Waals surface area (Å²) in [7, 11) is 0. The fourth-order valence-electron chi connectivity index (χ4n) is 1.68. The van der Waals surface area contributed by atoms with Gasteiger partial charge in [-0.25, -0.2) is 0 Å².